The second-order valence-electron chi connectivity index (χ2n) is 5.81. The van der Waals surface area contributed by atoms with Crippen LogP contribution in [0.5, 0.6) is 0 Å². The van der Waals surface area contributed by atoms with Gasteiger partial charge in [0.05, 0.1) is 5.92 Å². The molecular formula is C14H19N3O3. The van der Waals surface area contributed by atoms with Gasteiger partial charge in [0.2, 0.25) is 5.91 Å². The highest BCUT2D eigenvalue weighted by molar-refractivity contribution is 5.78. The number of carboxylic acids is 1. The number of carboxylic acid groups (broad SMARTS) is 1. The van der Waals surface area contributed by atoms with Gasteiger partial charge in [-0.05, 0) is 37.2 Å². The smallest absolute Gasteiger partial charge is 0.308 e. The molecule has 0 saturated heterocycles. The predicted molar refractivity (Wildman–Crippen MR) is 70.7 cm³/mol. The fourth-order valence-corrected chi connectivity index (χ4v) is 3.76. The molecule has 0 spiro atoms. The van der Waals surface area contributed by atoms with Crippen molar-refractivity contribution >= 4 is 11.9 Å². The van der Waals surface area contributed by atoms with Crippen molar-refractivity contribution in [3.8, 4) is 0 Å². The van der Waals surface area contributed by atoms with Gasteiger partial charge in [0.1, 0.15) is 0 Å². The molecule has 4 unspecified atom stereocenters. The zero-order valence-corrected chi connectivity index (χ0v) is 11.2. The van der Waals surface area contributed by atoms with Crippen molar-refractivity contribution < 1.29 is 14.7 Å². The molecule has 2 fully saturated rings. The average molecular weight is 277 g/mol. The first kappa shape index (κ1) is 13.1. The summed E-state index contributed by atoms with van der Waals surface area (Å²) in [6.07, 6.45) is 6.79. The number of fused-ring (bicyclic) bond motifs is 2. The van der Waals surface area contributed by atoms with Crippen molar-refractivity contribution in [1.82, 2.24) is 15.1 Å². The molecule has 2 aliphatic rings. The monoisotopic (exact) mass is 277 g/mol. The van der Waals surface area contributed by atoms with Gasteiger partial charge in [-0.1, -0.05) is 0 Å². The molecule has 20 heavy (non-hydrogen) atoms. The molecule has 2 saturated carbocycles. The van der Waals surface area contributed by atoms with E-state index in [1.807, 2.05) is 12.3 Å². The van der Waals surface area contributed by atoms with Crippen molar-refractivity contribution in [3.63, 3.8) is 0 Å². The number of hydrogen-bond acceptors (Lipinski definition) is 3. The number of carbonyl (C=O) groups is 2. The molecule has 6 nitrogen and oxygen atoms in total. The van der Waals surface area contributed by atoms with E-state index in [2.05, 4.69) is 10.4 Å². The Morgan fingerprint density at radius 2 is 2.15 bits per heavy atom. The van der Waals surface area contributed by atoms with E-state index in [0.29, 0.717) is 18.9 Å². The van der Waals surface area contributed by atoms with Gasteiger partial charge in [-0.25, -0.2) is 0 Å². The van der Waals surface area contributed by atoms with Crippen LogP contribution in [-0.2, 0) is 16.1 Å². The number of aliphatic carboxylic acids is 1. The van der Waals surface area contributed by atoms with Crippen LogP contribution in [0.2, 0.25) is 0 Å². The van der Waals surface area contributed by atoms with Crippen molar-refractivity contribution in [2.75, 3.05) is 0 Å². The van der Waals surface area contributed by atoms with Crippen LogP contribution in [-0.4, -0.2) is 32.8 Å². The minimum absolute atomic E-state index is 0.0794. The van der Waals surface area contributed by atoms with Crippen LogP contribution in [0.15, 0.2) is 18.5 Å². The van der Waals surface area contributed by atoms with Crippen LogP contribution in [0, 0.1) is 17.8 Å². The Morgan fingerprint density at radius 1 is 1.35 bits per heavy atom. The highest BCUT2D eigenvalue weighted by atomic mass is 16.4. The summed E-state index contributed by atoms with van der Waals surface area (Å²) in [6, 6.07) is 1.63. The number of nitrogens with zero attached hydrogens (tertiary/aromatic N) is 2. The quantitative estimate of drug-likeness (QED) is 0.837. The van der Waals surface area contributed by atoms with Crippen molar-refractivity contribution in [2.45, 2.75) is 38.3 Å². The molecule has 1 heterocycles. The van der Waals surface area contributed by atoms with Crippen molar-refractivity contribution in [3.05, 3.63) is 18.5 Å². The summed E-state index contributed by atoms with van der Waals surface area (Å²) in [5, 5.41) is 16.3. The lowest BCUT2D eigenvalue weighted by Gasteiger charge is -2.28. The zero-order chi connectivity index (χ0) is 14.1. The van der Waals surface area contributed by atoms with Crippen LogP contribution in [0.25, 0.3) is 0 Å². The van der Waals surface area contributed by atoms with E-state index in [1.54, 1.807) is 10.9 Å². The predicted octanol–water partition coefficient (Wildman–Crippen LogP) is 0.889. The van der Waals surface area contributed by atoms with Crippen molar-refractivity contribution in [2.24, 2.45) is 17.8 Å². The van der Waals surface area contributed by atoms with Crippen LogP contribution in [0.3, 0.4) is 0 Å². The third-order valence-corrected chi connectivity index (χ3v) is 4.66. The Labute approximate surface area is 117 Å². The average Bonchev–Trinajstić information content (AvgIpc) is 3.12. The van der Waals surface area contributed by atoms with E-state index in [-0.39, 0.29) is 17.9 Å². The number of carbonyl (C=O) groups excluding carboxylic acids is 1. The first-order valence-corrected chi connectivity index (χ1v) is 7.15. The number of amides is 1. The number of hydrogen-bond donors (Lipinski definition) is 2. The molecule has 2 N–H and O–H groups in total. The summed E-state index contributed by atoms with van der Waals surface area (Å²) >= 11 is 0. The van der Waals surface area contributed by atoms with Gasteiger partial charge in [0, 0.05) is 31.4 Å². The molecule has 3 rings (SSSR count). The molecular weight excluding hydrogens is 258 g/mol. The third-order valence-electron chi connectivity index (χ3n) is 4.66. The number of aryl methyl sites for hydroxylation is 1. The maximum Gasteiger partial charge on any atom is 0.308 e. The van der Waals surface area contributed by atoms with Gasteiger partial charge in [0.25, 0.3) is 0 Å². The molecule has 1 aromatic rings. The van der Waals surface area contributed by atoms with E-state index in [9.17, 15) is 14.7 Å². The molecule has 2 aliphatic carbocycles. The topological polar surface area (TPSA) is 84.2 Å². The highest BCUT2D eigenvalue weighted by Gasteiger charge is 2.51. The number of rotatable bonds is 5. The Bertz CT molecular complexity index is 500. The Hall–Kier alpha value is -1.85. The fraction of sp³-hybridized carbons (Fsp3) is 0.643. The maximum absolute atomic E-state index is 12.0. The van der Waals surface area contributed by atoms with Gasteiger partial charge in [-0.3, -0.25) is 14.3 Å². The third kappa shape index (κ3) is 2.42. The highest BCUT2D eigenvalue weighted by Crippen LogP contribution is 2.48. The largest absolute Gasteiger partial charge is 0.481 e. The molecule has 2 bridgehead atoms. The van der Waals surface area contributed by atoms with Gasteiger partial charge in [-0.2, -0.15) is 5.10 Å². The molecule has 0 radical (unpaired) electrons. The molecule has 1 aromatic heterocycles. The van der Waals surface area contributed by atoms with Gasteiger partial charge >= 0.3 is 5.97 Å². The molecule has 1 amide bonds. The number of aromatic nitrogens is 2. The SMILES string of the molecule is O=C(CCn1cccn1)NC1C2CCC(C2)C1C(=O)O. The normalized spacial score (nSPS) is 31.4. The summed E-state index contributed by atoms with van der Waals surface area (Å²) < 4.78 is 1.70. The fourth-order valence-electron chi connectivity index (χ4n) is 3.76. The standard InChI is InChI=1S/C14H19N3O3/c18-11(4-7-17-6-1-5-15-17)16-13-10-3-2-9(8-10)12(13)14(19)20/h1,5-6,9-10,12-13H,2-4,7-8H2,(H,16,18)(H,19,20). The summed E-state index contributed by atoms with van der Waals surface area (Å²) in [7, 11) is 0. The zero-order valence-electron chi connectivity index (χ0n) is 11.2. The Kier molecular flexibility index (Phi) is 3.46. The Balaban J connectivity index is 1.56. The molecule has 0 aliphatic heterocycles. The minimum Gasteiger partial charge on any atom is -0.481 e. The summed E-state index contributed by atoms with van der Waals surface area (Å²) in [5.41, 5.74) is 0. The maximum atomic E-state index is 12.0. The first-order valence-electron chi connectivity index (χ1n) is 7.15. The van der Waals surface area contributed by atoms with E-state index >= 15 is 0 Å². The molecule has 108 valence electrons. The summed E-state index contributed by atoms with van der Waals surface area (Å²) in [5.74, 6) is -0.662. The van der Waals surface area contributed by atoms with Crippen LogP contribution in [0.4, 0.5) is 0 Å². The Morgan fingerprint density at radius 3 is 2.85 bits per heavy atom. The molecule has 0 aromatic carbocycles. The first-order chi connectivity index (χ1) is 9.65. The number of nitrogens with one attached hydrogen (secondary N) is 1. The summed E-state index contributed by atoms with van der Waals surface area (Å²) in [6.45, 7) is 0.525. The van der Waals surface area contributed by atoms with E-state index in [0.717, 1.165) is 19.3 Å². The van der Waals surface area contributed by atoms with Crippen LogP contribution < -0.4 is 5.32 Å². The second kappa shape index (κ2) is 5.26. The lowest BCUT2D eigenvalue weighted by Crippen LogP contribution is -2.47. The van der Waals surface area contributed by atoms with Crippen LogP contribution >= 0.6 is 0 Å². The second-order valence-corrected chi connectivity index (χ2v) is 5.81. The molecule has 6 heteroatoms. The minimum atomic E-state index is -0.769. The van der Waals surface area contributed by atoms with E-state index < -0.39 is 11.9 Å². The van der Waals surface area contributed by atoms with Crippen molar-refractivity contribution in [1.29, 1.82) is 0 Å². The van der Waals surface area contributed by atoms with Gasteiger partial charge in [0.15, 0.2) is 0 Å². The van der Waals surface area contributed by atoms with Crippen LogP contribution in [0.1, 0.15) is 25.7 Å². The van der Waals surface area contributed by atoms with Gasteiger partial charge in [-0.15, -0.1) is 0 Å². The van der Waals surface area contributed by atoms with E-state index in [1.165, 1.54) is 0 Å². The lowest BCUT2D eigenvalue weighted by molar-refractivity contribution is -0.144. The van der Waals surface area contributed by atoms with Gasteiger partial charge < -0.3 is 10.4 Å². The summed E-state index contributed by atoms with van der Waals surface area (Å²) in [4.78, 5) is 23.4. The molecule has 4 atom stereocenters. The van der Waals surface area contributed by atoms with E-state index in [4.69, 9.17) is 0 Å². The lowest BCUT2D eigenvalue weighted by atomic mass is 9.84.